The number of hydrogen-bond acceptors (Lipinski definition) is 2. The molecule has 22 heavy (non-hydrogen) atoms. The number of likely N-dealkylation sites (tertiary alicyclic amines) is 1. The van der Waals surface area contributed by atoms with Crippen molar-refractivity contribution >= 4 is 34.4 Å². The Morgan fingerprint density at radius 2 is 2.09 bits per heavy atom. The van der Waals surface area contributed by atoms with Gasteiger partial charge in [0.25, 0.3) is 0 Å². The summed E-state index contributed by atoms with van der Waals surface area (Å²) >= 11 is 6.01. The average molecular weight is 321 g/mol. The van der Waals surface area contributed by atoms with Gasteiger partial charge in [-0.15, -0.1) is 0 Å². The van der Waals surface area contributed by atoms with Crippen molar-refractivity contribution in [2.24, 2.45) is 0 Å². The summed E-state index contributed by atoms with van der Waals surface area (Å²) in [6.07, 6.45) is 4.06. The summed E-state index contributed by atoms with van der Waals surface area (Å²) in [5.74, 6) is -1.09. The molecule has 1 N–H and O–H groups in total. The van der Waals surface area contributed by atoms with E-state index in [4.69, 9.17) is 11.6 Å². The van der Waals surface area contributed by atoms with Crippen LogP contribution in [-0.2, 0) is 16.1 Å². The lowest BCUT2D eigenvalue weighted by atomic mass is 10.0. The second-order valence-electron chi connectivity index (χ2n) is 5.58. The van der Waals surface area contributed by atoms with E-state index in [0.717, 1.165) is 23.7 Å². The summed E-state index contributed by atoms with van der Waals surface area (Å²) in [5, 5.41) is 10.9. The van der Waals surface area contributed by atoms with Crippen molar-refractivity contribution in [2.75, 3.05) is 6.54 Å². The number of amides is 1. The largest absolute Gasteiger partial charge is 0.480 e. The van der Waals surface area contributed by atoms with Gasteiger partial charge in [0.15, 0.2) is 0 Å². The van der Waals surface area contributed by atoms with Gasteiger partial charge in [-0.25, -0.2) is 4.79 Å². The summed E-state index contributed by atoms with van der Waals surface area (Å²) in [5.41, 5.74) is 0.879. The molecule has 1 fully saturated rings. The maximum Gasteiger partial charge on any atom is 0.326 e. The molecule has 6 heteroatoms. The minimum atomic E-state index is -0.923. The summed E-state index contributed by atoms with van der Waals surface area (Å²) < 4.78 is 1.82. The zero-order valence-electron chi connectivity index (χ0n) is 12.0. The SMILES string of the molecule is O=C(O)[C@H]1CCCCN1C(=O)Cn1ccc2ccc(Cl)cc21. The number of halogens is 1. The number of aliphatic carboxylic acids is 1. The molecule has 1 aliphatic heterocycles. The van der Waals surface area contributed by atoms with E-state index in [2.05, 4.69) is 0 Å². The van der Waals surface area contributed by atoms with E-state index in [1.807, 2.05) is 29.0 Å². The number of rotatable bonds is 3. The Morgan fingerprint density at radius 3 is 2.86 bits per heavy atom. The number of carbonyl (C=O) groups excluding carboxylic acids is 1. The van der Waals surface area contributed by atoms with Crippen LogP contribution in [0.3, 0.4) is 0 Å². The molecule has 116 valence electrons. The highest BCUT2D eigenvalue weighted by molar-refractivity contribution is 6.31. The van der Waals surface area contributed by atoms with Crippen LogP contribution >= 0.6 is 11.6 Å². The topological polar surface area (TPSA) is 62.5 Å². The highest BCUT2D eigenvalue weighted by Crippen LogP contribution is 2.22. The fourth-order valence-electron chi connectivity index (χ4n) is 3.02. The minimum Gasteiger partial charge on any atom is -0.480 e. The molecule has 0 radical (unpaired) electrons. The van der Waals surface area contributed by atoms with Crippen LogP contribution in [0.25, 0.3) is 10.9 Å². The first kappa shape index (κ1) is 14.9. The van der Waals surface area contributed by atoms with Crippen LogP contribution in [0.2, 0.25) is 5.02 Å². The number of carboxylic acids is 1. The fourth-order valence-corrected chi connectivity index (χ4v) is 3.18. The number of piperidine rings is 1. The third-order valence-corrected chi connectivity index (χ3v) is 4.38. The van der Waals surface area contributed by atoms with Crippen molar-refractivity contribution in [3.8, 4) is 0 Å². The highest BCUT2D eigenvalue weighted by Gasteiger charge is 2.31. The zero-order valence-corrected chi connectivity index (χ0v) is 12.8. The van der Waals surface area contributed by atoms with Crippen LogP contribution < -0.4 is 0 Å². The van der Waals surface area contributed by atoms with Crippen LogP contribution in [-0.4, -0.2) is 39.0 Å². The third kappa shape index (κ3) is 2.81. The second kappa shape index (κ2) is 6.01. The van der Waals surface area contributed by atoms with Gasteiger partial charge >= 0.3 is 5.97 Å². The quantitative estimate of drug-likeness (QED) is 0.946. The van der Waals surface area contributed by atoms with Crippen LogP contribution in [0, 0.1) is 0 Å². The average Bonchev–Trinajstić information content (AvgIpc) is 2.89. The van der Waals surface area contributed by atoms with Crippen molar-refractivity contribution in [2.45, 2.75) is 31.8 Å². The van der Waals surface area contributed by atoms with Crippen LogP contribution in [0.4, 0.5) is 0 Å². The number of aromatic nitrogens is 1. The number of nitrogens with zero attached hydrogens (tertiary/aromatic N) is 2. The first-order valence-electron chi connectivity index (χ1n) is 7.33. The van der Waals surface area contributed by atoms with Gasteiger partial charge in [0.05, 0.1) is 0 Å². The predicted molar refractivity (Wildman–Crippen MR) is 83.9 cm³/mol. The number of hydrogen-bond donors (Lipinski definition) is 1. The Labute approximate surface area is 133 Å². The molecule has 1 aromatic carbocycles. The number of carboxylic acid groups (broad SMARTS) is 1. The highest BCUT2D eigenvalue weighted by atomic mass is 35.5. The molecule has 5 nitrogen and oxygen atoms in total. The van der Waals surface area contributed by atoms with E-state index in [9.17, 15) is 14.7 Å². The van der Waals surface area contributed by atoms with Gasteiger partial charge in [0, 0.05) is 23.3 Å². The molecule has 0 bridgehead atoms. The summed E-state index contributed by atoms with van der Waals surface area (Å²) in [6, 6.07) is 6.74. The Morgan fingerprint density at radius 1 is 1.27 bits per heavy atom. The van der Waals surface area contributed by atoms with Gasteiger partial charge < -0.3 is 14.6 Å². The van der Waals surface area contributed by atoms with E-state index in [0.29, 0.717) is 18.0 Å². The van der Waals surface area contributed by atoms with Crippen molar-refractivity contribution in [3.05, 3.63) is 35.5 Å². The maximum absolute atomic E-state index is 12.5. The molecule has 2 aromatic rings. The Kier molecular flexibility index (Phi) is 4.07. The van der Waals surface area contributed by atoms with Gasteiger partial charge in [-0.05, 0) is 42.8 Å². The van der Waals surface area contributed by atoms with E-state index < -0.39 is 12.0 Å². The second-order valence-corrected chi connectivity index (χ2v) is 6.02. The molecule has 0 saturated carbocycles. The maximum atomic E-state index is 12.5. The van der Waals surface area contributed by atoms with Crippen molar-refractivity contribution < 1.29 is 14.7 Å². The van der Waals surface area contributed by atoms with E-state index >= 15 is 0 Å². The molecule has 0 aliphatic carbocycles. The zero-order chi connectivity index (χ0) is 15.7. The lowest BCUT2D eigenvalue weighted by Crippen LogP contribution is -2.49. The van der Waals surface area contributed by atoms with E-state index in [1.165, 1.54) is 4.90 Å². The van der Waals surface area contributed by atoms with Crippen molar-refractivity contribution in [1.82, 2.24) is 9.47 Å². The van der Waals surface area contributed by atoms with Gasteiger partial charge in [0.1, 0.15) is 12.6 Å². The molecule has 1 aromatic heterocycles. The molecule has 0 unspecified atom stereocenters. The molecule has 1 amide bonds. The Balaban J connectivity index is 1.83. The number of fused-ring (bicyclic) bond motifs is 1. The van der Waals surface area contributed by atoms with Gasteiger partial charge in [-0.3, -0.25) is 4.79 Å². The van der Waals surface area contributed by atoms with E-state index in [1.54, 1.807) is 6.07 Å². The van der Waals surface area contributed by atoms with Gasteiger partial charge in [-0.1, -0.05) is 17.7 Å². The van der Waals surface area contributed by atoms with Crippen LogP contribution in [0.1, 0.15) is 19.3 Å². The Bertz CT molecular complexity index is 725. The smallest absolute Gasteiger partial charge is 0.326 e. The molecule has 1 atom stereocenters. The molecule has 0 spiro atoms. The minimum absolute atomic E-state index is 0.133. The van der Waals surface area contributed by atoms with Crippen LogP contribution in [0.5, 0.6) is 0 Å². The van der Waals surface area contributed by atoms with Crippen molar-refractivity contribution in [1.29, 1.82) is 0 Å². The summed E-state index contributed by atoms with van der Waals surface area (Å²) in [4.78, 5) is 25.3. The normalized spacial score (nSPS) is 18.6. The molecule has 1 saturated heterocycles. The van der Waals surface area contributed by atoms with E-state index in [-0.39, 0.29) is 12.5 Å². The molecule has 3 rings (SSSR count). The molecular weight excluding hydrogens is 304 g/mol. The lowest BCUT2D eigenvalue weighted by Gasteiger charge is -2.33. The lowest BCUT2D eigenvalue weighted by molar-refractivity contribution is -0.152. The van der Waals surface area contributed by atoms with Gasteiger partial charge in [0.2, 0.25) is 5.91 Å². The first-order chi connectivity index (χ1) is 10.6. The monoisotopic (exact) mass is 320 g/mol. The van der Waals surface area contributed by atoms with Gasteiger partial charge in [-0.2, -0.15) is 0 Å². The van der Waals surface area contributed by atoms with Crippen LogP contribution in [0.15, 0.2) is 30.5 Å². The Hall–Kier alpha value is -2.01. The molecule has 2 heterocycles. The first-order valence-corrected chi connectivity index (χ1v) is 7.71. The molecular formula is C16H17ClN2O3. The number of benzene rings is 1. The summed E-state index contributed by atoms with van der Waals surface area (Å²) in [6.45, 7) is 0.642. The number of carbonyl (C=O) groups is 2. The predicted octanol–water partition coefficient (Wildman–Crippen LogP) is 2.76. The summed E-state index contributed by atoms with van der Waals surface area (Å²) in [7, 11) is 0. The van der Waals surface area contributed by atoms with Crippen molar-refractivity contribution in [3.63, 3.8) is 0 Å². The third-order valence-electron chi connectivity index (χ3n) is 4.15. The standard InChI is InChI=1S/C16H17ClN2O3/c17-12-5-4-11-6-8-18(14(11)9-12)10-15(20)19-7-2-1-3-13(19)16(21)22/h4-6,8-9,13H,1-3,7,10H2,(H,21,22)/t13-/m1/s1. The fraction of sp³-hybridized carbons (Fsp3) is 0.375. The molecule has 1 aliphatic rings.